The zero-order chi connectivity index (χ0) is 17.7. The monoisotopic (exact) mass is 356 g/mol. The van der Waals surface area contributed by atoms with Crippen LogP contribution >= 0.6 is 0 Å². The molecule has 0 unspecified atom stereocenters. The quantitative estimate of drug-likeness (QED) is 0.920. The predicted molar refractivity (Wildman–Crippen MR) is 97.3 cm³/mol. The van der Waals surface area contributed by atoms with E-state index in [0.29, 0.717) is 18.5 Å². The summed E-state index contributed by atoms with van der Waals surface area (Å²) in [5, 5.41) is 0. The number of carbonyl (C=O) groups is 1. The van der Waals surface area contributed by atoms with Gasteiger partial charge in [-0.1, -0.05) is 0 Å². The molecule has 1 aliphatic carbocycles. The fraction of sp³-hybridized carbons (Fsp3) is 0.600. The number of halogens is 1. The summed E-state index contributed by atoms with van der Waals surface area (Å²) in [6, 6.07) is 5.30. The first-order chi connectivity index (χ1) is 12.7. The molecule has 2 atom stereocenters. The molecule has 1 N–H and O–H groups in total. The van der Waals surface area contributed by atoms with Gasteiger partial charge in [0.2, 0.25) is 5.91 Å². The SMILES string of the molecule is O=C(CN1C[C@@H]2CC[C@H]1C2)N1CCC(c2nc3ccc(F)cc3[nH]2)CC1. The number of aromatic amines is 1. The molecule has 0 radical (unpaired) electrons. The summed E-state index contributed by atoms with van der Waals surface area (Å²) >= 11 is 0. The van der Waals surface area contributed by atoms with E-state index in [1.165, 1.54) is 31.4 Å². The van der Waals surface area contributed by atoms with Gasteiger partial charge in [0, 0.05) is 31.6 Å². The highest BCUT2D eigenvalue weighted by Crippen LogP contribution is 2.37. The van der Waals surface area contributed by atoms with E-state index in [4.69, 9.17) is 0 Å². The van der Waals surface area contributed by atoms with Gasteiger partial charge in [-0.3, -0.25) is 9.69 Å². The maximum atomic E-state index is 13.4. The summed E-state index contributed by atoms with van der Waals surface area (Å²) < 4.78 is 13.4. The molecule has 3 aliphatic rings. The Labute approximate surface area is 152 Å². The number of nitrogens with zero attached hydrogens (tertiary/aromatic N) is 3. The van der Waals surface area contributed by atoms with Crippen molar-refractivity contribution in [3.8, 4) is 0 Å². The van der Waals surface area contributed by atoms with Crippen LogP contribution < -0.4 is 0 Å². The number of piperidine rings is 2. The van der Waals surface area contributed by atoms with Crippen molar-refractivity contribution in [3.05, 3.63) is 29.8 Å². The van der Waals surface area contributed by atoms with Gasteiger partial charge in [-0.15, -0.1) is 0 Å². The fourth-order valence-corrected chi connectivity index (χ4v) is 5.09. The average Bonchev–Trinajstić information content (AvgIpc) is 3.36. The molecule has 1 amide bonds. The molecule has 3 fully saturated rings. The second-order valence-electron chi connectivity index (χ2n) is 8.20. The molecule has 5 rings (SSSR count). The second kappa shape index (κ2) is 6.34. The molecule has 2 aliphatic heterocycles. The summed E-state index contributed by atoms with van der Waals surface area (Å²) in [6.07, 6.45) is 5.75. The van der Waals surface area contributed by atoms with E-state index in [9.17, 15) is 9.18 Å². The van der Waals surface area contributed by atoms with Crippen molar-refractivity contribution in [1.82, 2.24) is 19.8 Å². The lowest BCUT2D eigenvalue weighted by Gasteiger charge is -2.34. The van der Waals surface area contributed by atoms with Crippen LogP contribution in [0.5, 0.6) is 0 Å². The molecular formula is C20H25FN4O. The van der Waals surface area contributed by atoms with E-state index in [0.717, 1.165) is 55.3 Å². The van der Waals surface area contributed by atoms with Gasteiger partial charge in [0.1, 0.15) is 11.6 Å². The summed E-state index contributed by atoms with van der Waals surface area (Å²) in [5.41, 5.74) is 1.56. The third-order valence-corrected chi connectivity index (χ3v) is 6.56. The Bertz CT molecular complexity index is 826. The Kier molecular flexibility index (Phi) is 3.96. The molecule has 2 aromatic rings. The van der Waals surface area contributed by atoms with Crippen LogP contribution in [0, 0.1) is 11.7 Å². The number of rotatable bonds is 3. The molecule has 6 heteroatoms. The summed E-state index contributed by atoms with van der Waals surface area (Å²) in [4.78, 5) is 25.0. The molecule has 0 spiro atoms. The number of benzene rings is 1. The number of hydrogen-bond donors (Lipinski definition) is 1. The summed E-state index contributed by atoms with van der Waals surface area (Å²) in [7, 11) is 0. The van der Waals surface area contributed by atoms with Gasteiger partial charge >= 0.3 is 0 Å². The molecule has 3 heterocycles. The Morgan fingerprint density at radius 3 is 2.81 bits per heavy atom. The second-order valence-corrected chi connectivity index (χ2v) is 8.20. The van der Waals surface area contributed by atoms with Crippen molar-refractivity contribution in [2.75, 3.05) is 26.2 Å². The lowest BCUT2D eigenvalue weighted by molar-refractivity contribution is -0.133. The lowest BCUT2D eigenvalue weighted by Crippen LogP contribution is -2.45. The maximum Gasteiger partial charge on any atom is 0.236 e. The number of nitrogens with one attached hydrogen (secondary N) is 1. The molecule has 2 bridgehead atoms. The van der Waals surface area contributed by atoms with Crippen molar-refractivity contribution in [3.63, 3.8) is 0 Å². The first kappa shape index (κ1) is 16.2. The highest BCUT2D eigenvalue weighted by atomic mass is 19.1. The van der Waals surface area contributed by atoms with Gasteiger partial charge < -0.3 is 9.88 Å². The molecule has 1 aromatic heterocycles. The van der Waals surface area contributed by atoms with Crippen LogP contribution in [0.25, 0.3) is 11.0 Å². The fourth-order valence-electron chi connectivity index (χ4n) is 5.09. The number of aromatic nitrogens is 2. The largest absolute Gasteiger partial charge is 0.342 e. The number of likely N-dealkylation sites (tertiary alicyclic amines) is 2. The molecule has 26 heavy (non-hydrogen) atoms. The Hall–Kier alpha value is -1.95. The number of H-pyrrole nitrogens is 1. The van der Waals surface area contributed by atoms with Crippen molar-refractivity contribution in [1.29, 1.82) is 0 Å². The van der Waals surface area contributed by atoms with Gasteiger partial charge in [0.25, 0.3) is 0 Å². The number of fused-ring (bicyclic) bond motifs is 3. The van der Waals surface area contributed by atoms with E-state index in [-0.39, 0.29) is 11.7 Å². The molecular weight excluding hydrogens is 331 g/mol. The molecule has 1 aromatic carbocycles. The van der Waals surface area contributed by atoms with Crippen LogP contribution in [-0.4, -0.2) is 57.9 Å². The first-order valence-corrected chi connectivity index (χ1v) is 9.83. The zero-order valence-electron chi connectivity index (χ0n) is 15.0. The van der Waals surface area contributed by atoms with Gasteiger partial charge in [0.15, 0.2) is 0 Å². The van der Waals surface area contributed by atoms with Crippen molar-refractivity contribution in [2.24, 2.45) is 5.92 Å². The van der Waals surface area contributed by atoms with Crippen LogP contribution in [-0.2, 0) is 4.79 Å². The molecule has 2 saturated heterocycles. The summed E-state index contributed by atoms with van der Waals surface area (Å²) in [5.74, 6) is 2.11. The predicted octanol–water partition coefficient (Wildman–Crippen LogP) is 2.89. The van der Waals surface area contributed by atoms with Crippen LogP contribution in [0.15, 0.2) is 18.2 Å². The number of carbonyl (C=O) groups excluding carboxylic acids is 1. The van der Waals surface area contributed by atoms with Crippen LogP contribution in [0.4, 0.5) is 4.39 Å². The molecule has 1 saturated carbocycles. The van der Waals surface area contributed by atoms with Crippen molar-refractivity contribution < 1.29 is 9.18 Å². The van der Waals surface area contributed by atoms with Gasteiger partial charge in [-0.25, -0.2) is 9.37 Å². The maximum absolute atomic E-state index is 13.4. The van der Waals surface area contributed by atoms with Gasteiger partial charge in [-0.05, 0) is 56.2 Å². The highest BCUT2D eigenvalue weighted by Gasteiger charge is 2.39. The lowest BCUT2D eigenvalue weighted by atomic mass is 9.96. The number of imidazole rings is 1. The van der Waals surface area contributed by atoms with E-state index >= 15 is 0 Å². The average molecular weight is 356 g/mol. The highest BCUT2D eigenvalue weighted by molar-refractivity contribution is 5.78. The minimum atomic E-state index is -0.247. The van der Waals surface area contributed by atoms with E-state index in [2.05, 4.69) is 14.9 Å². The Morgan fingerprint density at radius 2 is 2.08 bits per heavy atom. The van der Waals surface area contributed by atoms with Gasteiger partial charge in [0.05, 0.1) is 17.6 Å². The van der Waals surface area contributed by atoms with Gasteiger partial charge in [-0.2, -0.15) is 0 Å². The van der Waals surface area contributed by atoms with Crippen molar-refractivity contribution >= 4 is 16.9 Å². The number of hydrogen-bond acceptors (Lipinski definition) is 3. The first-order valence-electron chi connectivity index (χ1n) is 9.83. The third-order valence-electron chi connectivity index (χ3n) is 6.56. The Morgan fingerprint density at radius 1 is 1.23 bits per heavy atom. The topological polar surface area (TPSA) is 52.2 Å². The van der Waals surface area contributed by atoms with E-state index in [1.54, 1.807) is 6.07 Å². The smallest absolute Gasteiger partial charge is 0.236 e. The number of amides is 1. The summed E-state index contributed by atoms with van der Waals surface area (Å²) in [6.45, 7) is 3.28. The van der Waals surface area contributed by atoms with E-state index < -0.39 is 0 Å². The van der Waals surface area contributed by atoms with Crippen LogP contribution in [0.3, 0.4) is 0 Å². The van der Waals surface area contributed by atoms with Crippen molar-refractivity contribution in [2.45, 2.75) is 44.1 Å². The van der Waals surface area contributed by atoms with E-state index in [1.807, 2.05) is 4.90 Å². The minimum Gasteiger partial charge on any atom is -0.342 e. The Balaban J connectivity index is 1.19. The zero-order valence-corrected chi connectivity index (χ0v) is 15.0. The third kappa shape index (κ3) is 2.90. The molecule has 138 valence electrons. The minimum absolute atomic E-state index is 0.247. The normalized spacial score (nSPS) is 26.9. The molecule has 5 nitrogen and oxygen atoms in total. The van der Waals surface area contributed by atoms with Crippen LogP contribution in [0.1, 0.15) is 43.8 Å². The van der Waals surface area contributed by atoms with Crippen LogP contribution in [0.2, 0.25) is 0 Å². The standard InChI is InChI=1S/C20H25FN4O/c21-15-2-4-17-18(10-15)23-20(22-17)14-5-7-24(8-6-14)19(26)12-25-11-13-1-3-16(25)9-13/h2,4,10,13-14,16H,1,3,5-9,11-12H2,(H,22,23)/t13-,16+/m1/s1.